The van der Waals surface area contributed by atoms with Gasteiger partial charge >= 0.3 is 0 Å². The van der Waals surface area contributed by atoms with Crippen LogP contribution in [0, 0.1) is 6.92 Å². The zero-order chi connectivity index (χ0) is 13.8. The topological polar surface area (TPSA) is 53.1 Å². The summed E-state index contributed by atoms with van der Waals surface area (Å²) in [4.78, 5) is 0. The fourth-order valence-electron chi connectivity index (χ4n) is 1.97. The number of hydrogen-bond donors (Lipinski definition) is 1. The quantitative estimate of drug-likeness (QED) is 0.898. The van der Waals surface area contributed by atoms with Gasteiger partial charge in [-0.05, 0) is 31.4 Å². The average Bonchev–Trinajstić information content (AvgIpc) is 2.78. The van der Waals surface area contributed by atoms with Crippen LogP contribution in [0.15, 0.2) is 30.6 Å². The summed E-state index contributed by atoms with van der Waals surface area (Å²) >= 11 is 0. The Bertz CT molecular complexity index is 548. The number of aromatic nitrogens is 2. The summed E-state index contributed by atoms with van der Waals surface area (Å²) in [5, 5.41) is 4.10. The molecule has 0 radical (unpaired) electrons. The van der Waals surface area contributed by atoms with E-state index < -0.39 is 0 Å². The fourth-order valence-corrected chi connectivity index (χ4v) is 1.97. The Hall–Kier alpha value is -1.81. The zero-order valence-electron chi connectivity index (χ0n) is 11.8. The number of nitrogens with zero attached hydrogens (tertiary/aromatic N) is 2. The molecule has 0 saturated heterocycles. The Kier molecular flexibility index (Phi) is 4.22. The van der Waals surface area contributed by atoms with Gasteiger partial charge in [0.15, 0.2) is 5.75 Å². The lowest BCUT2D eigenvalue weighted by molar-refractivity contribution is 0.471. The Morgan fingerprint density at radius 3 is 2.84 bits per heavy atom. The van der Waals surface area contributed by atoms with E-state index in [1.165, 1.54) is 5.56 Å². The number of nitrogens with two attached hydrogens (primary N) is 1. The standard InChI is InChI=1S/C15H21N3O/c1-4-13(16)8-12-7-11(2)5-6-15(12)19-14-9-17-18(3)10-14/h5-7,9-10,13H,4,8,16H2,1-3H3. The fraction of sp³-hybridized carbons (Fsp3) is 0.400. The van der Waals surface area contributed by atoms with E-state index in [1.807, 2.05) is 25.4 Å². The molecule has 4 nitrogen and oxygen atoms in total. The molecule has 1 atom stereocenters. The van der Waals surface area contributed by atoms with E-state index in [4.69, 9.17) is 10.5 Å². The van der Waals surface area contributed by atoms with Gasteiger partial charge < -0.3 is 10.5 Å². The lowest BCUT2D eigenvalue weighted by Gasteiger charge is -2.14. The van der Waals surface area contributed by atoms with E-state index >= 15 is 0 Å². The van der Waals surface area contributed by atoms with Crippen molar-refractivity contribution < 1.29 is 4.74 Å². The lowest BCUT2D eigenvalue weighted by Crippen LogP contribution is -2.21. The van der Waals surface area contributed by atoms with Gasteiger partial charge in [-0.15, -0.1) is 0 Å². The molecule has 1 aromatic heterocycles. The van der Waals surface area contributed by atoms with Gasteiger partial charge in [-0.2, -0.15) is 5.10 Å². The van der Waals surface area contributed by atoms with Crippen molar-refractivity contribution in [1.82, 2.24) is 9.78 Å². The van der Waals surface area contributed by atoms with Crippen molar-refractivity contribution in [3.8, 4) is 11.5 Å². The number of rotatable bonds is 5. The van der Waals surface area contributed by atoms with Gasteiger partial charge in [0.2, 0.25) is 0 Å². The van der Waals surface area contributed by atoms with E-state index in [0.717, 1.165) is 29.9 Å². The summed E-state index contributed by atoms with van der Waals surface area (Å²) in [7, 11) is 1.87. The highest BCUT2D eigenvalue weighted by Crippen LogP contribution is 2.27. The number of aryl methyl sites for hydroxylation is 2. The highest BCUT2D eigenvalue weighted by atomic mass is 16.5. The van der Waals surface area contributed by atoms with Gasteiger partial charge in [0, 0.05) is 13.1 Å². The first-order valence-electron chi connectivity index (χ1n) is 6.60. The molecule has 0 fully saturated rings. The molecule has 1 aromatic carbocycles. The second kappa shape index (κ2) is 5.89. The van der Waals surface area contributed by atoms with Crippen LogP contribution in [0.3, 0.4) is 0 Å². The van der Waals surface area contributed by atoms with Gasteiger partial charge in [-0.1, -0.05) is 24.6 Å². The smallest absolute Gasteiger partial charge is 0.165 e. The van der Waals surface area contributed by atoms with Crippen molar-refractivity contribution in [1.29, 1.82) is 0 Å². The van der Waals surface area contributed by atoms with Gasteiger partial charge in [0.25, 0.3) is 0 Å². The molecule has 0 aliphatic heterocycles. The highest BCUT2D eigenvalue weighted by molar-refractivity contribution is 5.40. The minimum atomic E-state index is 0.165. The molecule has 2 aromatic rings. The summed E-state index contributed by atoms with van der Waals surface area (Å²) in [6.07, 6.45) is 5.35. The van der Waals surface area contributed by atoms with E-state index in [-0.39, 0.29) is 6.04 Å². The van der Waals surface area contributed by atoms with E-state index in [0.29, 0.717) is 0 Å². The zero-order valence-corrected chi connectivity index (χ0v) is 11.8. The van der Waals surface area contributed by atoms with Crippen LogP contribution in [0.2, 0.25) is 0 Å². The molecule has 0 aliphatic rings. The molecule has 2 rings (SSSR count). The summed E-state index contributed by atoms with van der Waals surface area (Å²) in [6, 6.07) is 6.35. The molecule has 4 heteroatoms. The molecule has 102 valence electrons. The van der Waals surface area contributed by atoms with Crippen LogP contribution in [-0.4, -0.2) is 15.8 Å². The van der Waals surface area contributed by atoms with E-state index in [1.54, 1.807) is 10.9 Å². The molecule has 0 aliphatic carbocycles. The maximum Gasteiger partial charge on any atom is 0.165 e. The lowest BCUT2D eigenvalue weighted by atomic mass is 10.0. The van der Waals surface area contributed by atoms with Gasteiger partial charge in [0.1, 0.15) is 5.75 Å². The van der Waals surface area contributed by atoms with Crippen molar-refractivity contribution >= 4 is 0 Å². The molecule has 2 N–H and O–H groups in total. The van der Waals surface area contributed by atoms with Crippen molar-refractivity contribution in [3.05, 3.63) is 41.7 Å². The van der Waals surface area contributed by atoms with Crippen molar-refractivity contribution in [2.24, 2.45) is 12.8 Å². The molecule has 0 amide bonds. The van der Waals surface area contributed by atoms with E-state index in [2.05, 4.69) is 25.0 Å². The van der Waals surface area contributed by atoms with Crippen LogP contribution in [-0.2, 0) is 13.5 Å². The third kappa shape index (κ3) is 3.58. The first-order chi connectivity index (χ1) is 9.08. The minimum absolute atomic E-state index is 0.165. The first kappa shape index (κ1) is 13.6. The largest absolute Gasteiger partial charge is 0.454 e. The third-order valence-corrected chi connectivity index (χ3v) is 3.13. The average molecular weight is 259 g/mol. The maximum absolute atomic E-state index is 6.05. The number of hydrogen-bond acceptors (Lipinski definition) is 3. The first-order valence-corrected chi connectivity index (χ1v) is 6.60. The summed E-state index contributed by atoms with van der Waals surface area (Å²) in [5.74, 6) is 1.61. The molecular formula is C15H21N3O. The van der Waals surface area contributed by atoms with Crippen molar-refractivity contribution in [2.45, 2.75) is 32.7 Å². The summed E-state index contributed by atoms with van der Waals surface area (Å²) in [6.45, 7) is 4.18. The second-order valence-electron chi connectivity index (χ2n) is 4.94. The Morgan fingerprint density at radius 1 is 1.42 bits per heavy atom. The van der Waals surface area contributed by atoms with Gasteiger partial charge in [-0.25, -0.2) is 0 Å². The van der Waals surface area contributed by atoms with Crippen LogP contribution in [0.25, 0.3) is 0 Å². The minimum Gasteiger partial charge on any atom is -0.454 e. The normalized spacial score (nSPS) is 12.4. The van der Waals surface area contributed by atoms with E-state index in [9.17, 15) is 0 Å². The molecule has 0 saturated carbocycles. The van der Waals surface area contributed by atoms with Crippen LogP contribution in [0.5, 0.6) is 11.5 Å². The molecule has 1 heterocycles. The molecule has 0 spiro atoms. The second-order valence-corrected chi connectivity index (χ2v) is 4.94. The van der Waals surface area contributed by atoms with Crippen molar-refractivity contribution in [2.75, 3.05) is 0 Å². The Balaban J connectivity index is 2.23. The predicted octanol–water partition coefficient (Wildman–Crippen LogP) is 2.80. The Labute approximate surface area is 114 Å². The molecular weight excluding hydrogens is 238 g/mol. The Morgan fingerprint density at radius 2 is 2.21 bits per heavy atom. The number of benzene rings is 1. The maximum atomic E-state index is 6.05. The summed E-state index contributed by atoms with van der Waals surface area (Å²) in [5.41, 5.74) is 8.42. The van der Waals surface area contributed by atoms with Crippen LogP contribution in [0.1, 0.15) is 24.5 Å². The molecule has 0 bridgehead atoms. The number of ether oxygens (including phenoxy) is 1. The van der Waals surface area contributed by atoms with Crippen LogP contribution >= 0.6 is 0 Å². The highest BCUT2D eigenvalue weighted by Gasteiger charge is 2.10. The molecule has 19 heavy (non-hydrogen) atoms. The summed E-state index contributed by atoms with van der Waals surface area (Å²) < 4.78 is 7.62. The van der Waals surface area contributed by atoms with Gasteiger partial charge in [0.05, 0.1) is 12.4 Å². The third-order valence-electron chi connectivity index (χ3n) is 3.13. The van der Waals surface area contributed by atoms with Crippen LogP contribution < -0.4 is 10.5 Å². The monoisotopic (exact) mass is 259 g/mol. The SMILES string of the molecule is CCC(N)Cc1cc(C)ccc1Oc1cnn(C)c1. The predicted molar refractivity (Wildman–Crippen MR) is 76.4 cm³/mol. The van der Waals surface area contributed by atoms with Crippen molar-refractivity contribution in [3.63, 3.8) is 0 Å². The molecule has 1 unspecified atom stereocenters. The van der Waals surface area contributed by atoms with Crippen LogP contribution in [0.4, 0.5) is 0 Å². The van der Waals surface area contributed by atoms with Gasteiger partial charge in [-0.3, -0.25) is 4.68 Å².